The molecule has 0 atom stereocenters. The van der Waals surface area contributed by atoms with Crippen LogP contribution in [0.5, 0.6) is 0 Å². The molecule has 0 unspecified atom stereocenters. The maximum Gasteiger partial charge on any atom is 0.226 e. The third-order valence-electron chi connectivity index (χ3n) is 6.00. The number of aryl methyl sites for hydroxylation is 1. The average Bonchev–Trinajstić information content (AvgIpc) is 3.22. The first kappa shape index (κ1) is 20.0. The van der Waals surface area contributed by atoms with Crippen molar-refractivity contribution in [2.24, 2.45) is 0 Å². The number of anilines is 1. The second-order valence-corrected chi connectivity index (χ2v) is 8.06. The number of hydrogen-bond donors (Lipinski definition) is 1. The number of carbonyl (C=O) groups excluding carboxylic acids is 1. The monoisotopic (exact) mass is 419 g/mol. The molecule has 0 aliphatic rings. The summed E-state index contributed by atoms with van der Waals surface area (Å²) in [6.45, 7) is 0. The molecule has 4 heteroatoms. The Morgan fingerprint density at radius 2 is 1.62 bits per heavy atom. The van der Waals surface area contributed by atoms with E-state index in [0.29, 0.717) is 6.42 Å². The van der Waals surface area contributed by atoms with Crippen molar-refractivity contribution in [2.75, 3.05) is 11.9 Å². The fraction of sp³-hybridized carbons (Fsp3) is 0.143. The van der Waals surface area contributed by atoms with Crippen LogP contribution in [0.3, 0.4) is 0 Å². The number of benzene rings is 3. The van der Waals surface area contributed by atoms with Crippen molar-refractivity contribution in [1.29, 1.82) is 0 Å². The lowest BCUT2D eigenvalue weighted by atomic mass is 10.0. The van der Waals surface area contributed by atoms with E-state index in [4.69, 9.17) is 4.98 Å². The fourth-order valence-corrected chi connectivity index (χ4v) is 4.26. The van der Waals surface area contributed by atoms with Crippen LogP contribution in [0.4, 0.5) is 5.69 Å². The van der Waals surface area contributed by atoms with Crippen molar-refractivity contribution in [3.05, 3.63) is 96.6 Å². The topological polar surface area (TPSA) is 49.0 Å². The van der Waals surface area contributed by atoms with E-state index >= 15 is 0 Å². The number of para-hydroxylation sites is 3. The molecule has 2 heterocycles. The van der Waals surface area contributed by atoms with E-state index in [9.17, 15) is 4.79 Å². The molecule has 1 N–H and O–H groups in total. The summed E-state index contributed by atoms with van der Waals surface area (Å²) in [5.41, 5.74) is 6.20. The summed E-state index contributed by atoms with van der Waals surface area (Å²) in [4.78, 5) is 23.0. The first-order chi connectivity index (χ1) is 15.7. The minimum absolute atomic E-state index is 0.126. The Morgan fingerprint density at radius 3 is 2.50 bits per heavy atom. The summed E-state index contributed by atoms with van der Waals surface area (Å²) in [5, 5.41) is 2.32. The molecule has 0 radical (unpaired) electrons. The Bertz CT molecular complexity index is 1390. The largest absolute Gasteiger partial charge is 0.353 e. The molecule has 0 saturated heterocycles. The van der Waals surface area contributed by atoms with Gasteiger partial charge in [-0.15, -0.1) is 0 Å². The molecule has 5 rings (SSSR count). The Balaban J connectivity index is 1.41. The zero-order valence-electron chi connectivity index (χ0n) is 18.1. The lowest BCUT2D eigenvalue weighted by molar-refractivity contribution is -0.118. The van der Waals surface area contributed by atoms with Gasteiger partial charge in [-0.1, -0.05) is 60.7 Å². The van der Waals surface area contributed by atoms with Crippen molar-refractivity contribution in [2.45, 2.75) is 19.3 Å². The van der Waals surface area contributed by atoms with Gasteiger partial charge in [-0.25, -0.2) is 4.98 Å². The highest BCUT2D eigenvalue weighted by molar-refractivity contribution is 5.93. The molecule has 158 valence electrons. The number of aromatic amines is 1. The predicted molar refractivity (Wildman–Crippen MR) is 132 cm³/mol. The van der Waals surface area contributed by atoms with E-state index in [-0.39, 0.29) is 5.91 Å². The number of nitrogens with one attached hydrogen (secondary N) is 1. The SMILES string of the molecule is CN(C(=O)CCCc1c(-c2ccc3ccccc3n2)[nH]c2ccccc12)c1ccccc1. The molecule has 0 bridgehead atoms. The molecular weight excluding hydrogens is 394 g/mol. The lowest BCUT2D eigenvalue weighted by Gasteiger charge is -2.17. The van der Waals surface area contributed by atoms with Crippen molar-refractivity contribution in [3.8, 4) is 11.4 Å². The summed E-state index contributed by atoms with van der Waals surface area (Å²) < 4.78 is 0. The summed E-state index contributed by atoms with van der Waals surface area (Å²) in [6, 6.07) is 30.5. The van der Waals surface area contributed by atoms with Crippen LogP contribution >= 0.6 is 0 Å². The van der Waals surface area contributed by atoms with Gasteiger partial charge in [0.1, 0.15) is 0 Å². The molecular formula is C28H25N3O. The second kappa shape index (κ2) is 8.67. The quantitative estimate of drug-likeness (QED) is 0.348. The van der Waals surface area contributed by atoms with E-state index in [1.165, 1.54) is 10.9 Å². The minimum Gasteiger partial charge on any atom is -0.353 e. The zero-order chi connectivity index (χ0) is 21.9. The number of rotatable bonds is 6. The normalized spacial score (nSPS) is 11.2. The van der Waals surface area contributed by atoms with Gasteiger partial charge in [0, 0.05) is 35.4 Å². The standard InChI is InChI=1S/C28H25N3O/c1-31(21-11-3-2-4-12-21)27(32)17-9-14-23-22-13-6-8-16-25(22)30-28(23)26-19-18-20-10-5-7-15-24(20)29-26/h2-8,10-13,15-16,18-19,30H,9,14,17H2,1H3. The van der Waals surface area contributed by atoms with Crippen LogP contribution < -0.4 is 4.90 Å². The maximum atomic E-state index is 12.7. The highest BCUT2D eigenvalue weighted by Crippen LogP contribution is 2.31. The molecule has 0 spiro atoms. The van der Waals surface area contributed by atoms with Crippen LogP contribution in [0, 0.1) is 0 Å². The van der Waals surface area contributed by atoms with Gasteiger partial charge in [0.05, 0.1) is 16.9 Å². The summed E-state index contributed by atoms with van der Waals surface area (Å²) >= 11 is 0. The van der Waals surface area contributed by atoms with Gasteiger partial charge < -0.3 is 9.88 Å². The number of pyridine rings is 1. The average molecular weight is 420 g/mol. The third-order valence-corrected chi connectivity index (χ3v) is 6.00. The minimum atomic E-state index is 0.126. The Morgan fingerprint density at radius 1 is 0.875 bits per heavy atom. The number of H-pyrrole nitrogens is 1. The number of aromatic nitrogens is 2. The highest BCUT2D eigenvalue weighted by Gasteiger charge is 2.16. The molecule has 0 saturated carbocycles. The van der Waals surface area contributed by atoms with Crippen LogP contribution in [0.2, 0.25) is 0 Å². The van der Waals surface area contributed by atoms with E-state index in [2.05, 4.69) is 41.4 Å². The van der Waals surface area contributed by atoms with Crippen LogP contribution in [0.1, 0.15) is 18.4 Å². The van der Waals surface area contributed by atoms with Gasteiger partial charge in [-0.05, 0) is 48.7 Å². The Hall–Kier alpha value is -3.92. The fourth-order valence-electron chi connectivity index (χ4n) is 4.26. The second-order valence-electron chi connectivity index (χ2n) is 8.06. The first-order valence-corrected chi connectivity index (χ1v) is 11.0. The van der Waals surface area contributed by atoms with E-state index < -0.39 is 0 Å². The number of nitrogens with zero attached hydrogens (tertiary/aromatic N) is 2. The van der Waals surface area contributed by atoms with E-state index in [1.54, 1.807) is 4.90 Å². The molecule has 4 nitrogen and oxygen atoms in total. The summed E-state index contributed by atoms with van der Waals surface area (Å²) in [6.07, 6.45) is 2.08. The van der Waals surface area contributed by atoms with Crippen LogP contribution in [0.25, 0.3) is 33.2 Å². The van der Waals surface area contributed by atoms with Crippen molar-refractivity contribution >= 4 is 33.4 Å². The summed E-state index contributed by atoms with van der Waals surface area (Å²) in [5.74, 6) is 0.126. The zero-order valence-corrected chi connectivity index (χ0v) is 18.1. The van der Waals surface area contributed by atoms with Crippen LogP contribution in [-0.2, 0) is 11.2 Å². The van der Waals surface area contributed by atoms with Crippen LogP contribution in [-0.4, -0.2) is 22.9 Å². The Labute approximate surface area is 187 Å². The molecule has 2 aromatic heterocycles. The van der Waals surface area contributed by atoms with Crippen molar-refractivity contribution < 1.29 is 4.79 Å². The third kappa shape index (κ3) is 3.87. The number of hydrogen-bond acceptors (Lipinski definition) is 2. The van der Waals surface area contributed by atoms with Gasteiger partial charge in [-0.2, -0.15) is 0 Å². The summed E-state index contributed by atoms with van der Waals surface area (Å²) in [7, 11) is 1.84. The van der Waals surface area contributed by atoms with Crippen LogP contribution in [0.15, 0.2) is 91.0 Å². The Kier molecular flexibility index (Phi) is 5.42. The molecule has 1 amide bonds. The van der Waals surface area contributed by atoms with Gasteiger partial charge in [0.25, 0.3) is 0 Å². The van der Waals surface area contributed by atoms with Gasteiger partial charge >= 0.3 is 0 Å². The predicted octanol–water partition coefficient (Wildman–Crippen LogP) is 6.37. The van der Waals surface area contributed by atoms with E-state index in [1.807, 2.05) is 61.6 Å². The molecule has 32 heavy (non-hydrogen) atoms. The number of fused-ring (bicyclic) bond motifs is 2. The van der Waals surface area contributed by atoms with E-state index in [0.717, 1.165) is 46.3 Å². The van der Waals surface area contributed by atoms with Crippen molar-refractivity contribution in [3.63, 3.8) is 0 Å². The van der Waals surface area contributed by atoms with Gasteiger partial charge in [0.2, 0.25) is 5.91 Å². The first-order valence-electron chi connectivity index (χ1n) is 11.0. The molecule has 0 aliphatic carbocycles. The lowest BCUT2D eigenvalue weighted by Crippen LogP contribution is -2.25. The number of amides is 1. The molecule has 0 aliphatic heterocycles. The smallest absolute Gasteiger partial charge is 0.226 e. The highest BCUT2D eigenvalue weighted by atomic mass is 16.2. The molecule has 0 fully saturated rings. The number of carbonyl (C=O) groups is 1. The maximum absolute atomic E-state index is 12.7. The van der Waals surface area contributed by atoms with Gasteiger partial charge in [-0.3, -0.25) is 4.79 Å². The van der Waals surface area contributed by atoms with Gasteiger partial charge in [0.15, 0.2) is 0 Å². The molecule has 5 aromatic rings. The molecule has 3 aromatic carbocycles. The van der Waals surface area contributed by atoms with Crippen molar-refractivity contribution in [1.82, 2.24) is 9.97 Å².